The topological polar surface area (TPSA) is 74.5 Å². The van der Waals surface area contributed by atoms with Gasteiger partial charge in [0.2, 0.25) is 0 Å². The molecule has 2 fully saturated rings. The number of para-hydroxylation sites is 1. The van der Waals surface area contributed by atoms with E-state index in [2.05, 4.69) is 33.1 Å². The van der Waals surface area contributed by atoms with Crippen LogP contribution in [0.15, 0.2) is 53.5 Å². The van der Waals surface area contributed by atoms with E-state index in [1.807, 2.05) is 24.4 Å². The molecule has 1 atom stereocenters. The quantitative estimate of drug-likeness (QED) is 0.701. The van der Waals surface area contributed by atoms with Gasteiger partial charge in [-0.05, 0) is 44.4 Å². The Morgan fingerprint density at radius 3 is 2.71 bits per heavy atom. The number of piperidine rings is 2. The fourth-order valence-electron chi connectivity index (χ4n) is 4.78. The second-order valence-corrected chi connectivity index (χ2v) is 8.74. The van der Waals surface area contributed by atoms with Gasteiger partial charge in [0.25, 0.3) is 5.56 Å². The number of benzene rings is 1. The van der Waals surface area contributed by atoms with Crippen molar-refractivity contribution in [2.75, 3.05) is 31.1 Å². The number of anilines is 1. The molecular formula is C24H29N5O2. The molecule has 7 nitrogen and oxygen atoms in total. The van der Waals surface area contributed by atoms with Crippen molar-refractivity contribution in [1.29, 1.82) is 0 Å². The van der Waals surface area contributed by atoms with Crippen molar-refractivity contribution in [3.05, 3.63) is 64.7 Å². The van der Waals surface area contributed by atoms with Crippen LogP contribution in [0.5, 0.6) is 0 Å². The summed E-state index contributed by atoms with van der Waals surface area (Å²) < 4.78 is 1.66. The summed E-state index contributed by atoms with van der Waals surface area (Å²) in [6, 6.07) is 14.2. The molecule has 2 saturated heterocycles. The molecule has 0 radical (unpaired) electrons. The highest BCUT2D eigenvalue weighted by atomic mass is 16.3. The van der Waals surface area contributed by atoms with Gasteiger partial charge in [-0.25, -0.2) is 4.68 Å². The van der Waals surface area contributed by atoms with Gasteiger partial charge in [0.05, 0.1) is 35.2 Å². The highest BCUT2D eigenvalue weighted by molar-refractivity contribution is 5.78. The summed E-state index contributed by atoms with van der Waals surface area (Å²) in [4.78, 5) is 22.2. The minimum absolute atomic E-state index is 0.0423. The Bertz CT molecular complexity index is 1110. The molecule has 0 amide bonds. The summed E-state index contributed by atoms with van der Waals surface area (Å²) in [5.74, 6) is 0. The summed E-state index contributed by atoms with van der Waals surface area (Å²) in [5.41, 5.74) is 2.90. The van der Waals surface area contributed by atoms with Crippen molar-refractivity contribution in [2.24, 2.45) is 0 Å². The summed E-state index contributed by atoms with van der Waals surface area (Å²) in [6.07, 6.45) is 5.06. The third-order valence-electron chi connectivity index (χ3n) is 6.51. The fraction of sp³-hybridized carbons (Fsp3) is 0.458. The molecule has 3 aromatic rings. The Labute approximate surface area is 181 Å². The van der Waals surface area contributed by atoms with Crippen molar-refractivity contribution in [3.8, 4) is 0 Å². The largest absolute Gasteiger partial charge is 0.393 e. The highest BCUT2D eigenvalue weighted by Gasteiger charge is 2.24. The summed E-state index contributed by atoms with van der Waals surface area (Å²) in [5, 5.41) is 15.4. The van der Waals surface area contributed by atoms with Crippen LogP contribution < -0.4 is 10.5 Å². The van der Waals surface area contributed by atoms with Crippen LogP contribution in [0.1, 0.15) is 37.4 Å². The van der Waals surface area contributed by atoms with Gasteiger partial charge in [-0.3, -0.25) is 14.7 Å². The van der Waals surface area contributed by atoms with Crippen molar-refractivity contribution < 1.29 is 5.11 Å². The Kier molecular flexibility index (Phi) is 5.70. The molecular weight excluding hydrogens is 390 g/mol. The van der Waals surface area contributed by atoms with E-state index in [-0.39, 0.29) is 17.7 Å². The smallest absolute Gasteiger partial charge is 0.269 e. The standard InChI is InChI=1S/C24H29N5O2/c30-22-9-12-28(13-10-22)21-14-24(31)29(25-15-21)20-5-3-11-27(17-20)16-19-8-7-18-4-1-2-6-23(18)26-19/h1-2,4,6-8,14-15,20,22,30H,3,5,9-13,16-17H2/t20-/m0/s1. The van der Waals surface area contributed by atoms with Gasteiger partial charge in [0.15, 0.2) is 0 Å². The first-order valence-corrected chi connectivity index (χ1v) is 11.2. The van der Waals surface area contributed by atoms with Crippen LogP contribution in [0.25, 0.3) is 10.9 Å². The monoisotopic (exact) mass is 419 g/mol. The predicted octanol–water partition coefficient (Wildman–Crippen LogP) is 2.59. The van der Waals surface area contributed by atoms with Gasteiger partial charge < -0.3 is 10.0 Å². The number of fused-ring (bicyclic) bond motifs is 1. The molecule has 0 bridgehead atoms. The number of nitrogens with zero attached hydrogens (tertiary/aromatic N) is 5. The number of aromatic nitrogens is 3. The third-order valence-corrected chi connectivity index (χ3v) is 6.51. The lowest BCUT2D eigenvalue weighted by molar-refractivity contribution is 0.145. The van der Waals surface area contributed by atoms with E-state index in [1.165, 1.54) is 0 Å². The Morgan fingerprint density at radius 2 is 1.87 bits per heavy atom. The van der Waals surface area contributed by atoms with Crippen molar-refractivity contribution >= 4 is 16.6 Å². The predicted molar refractivity (Wildman–Crippen MR) is 121 cm³/mol. The van der Waals surface area contributed by atoms with Crippen LogP contribution in [0.4, 0.5) is 5.69 Å². The van der Waals surface area contributed by atoms with E-state index < -0.39 is 0 Å². The zero-order chi connectivity index (χ0) is 21.2. The number of aliphatic hydroxyl groups excluding tert-OH is 1. The molecule has 0 unspecified atom stereocenters. The zero-order valence-corrected chi connectivity index (χ0v) is 17.7. The van der Waals surface area contributed by atoms with E-state index in [1.54, 1.807) is 10.7 Å². The van der Waals surface area contributed by atoms with Gasteiger partial charge in [-0.15, -0.1) is 0 Å². The van der Waals surface area contributed by atoms with Crippen LogP contribution in [0.3, 0.4) is 0 Å². The number of likely N-dealkylation sites (tertiary alicyclic amines) is 1. The Morgan fingerprint density at radius 1 is 1.03 bits per heavy atom. The van der Waals surface area contributed by atoms with E-state index in [4.69, 9.17) is 4.98 Å². The molecule has 1 aromatic carbocycles. The van der Waals surface area contributed by atoms with Crippen LogP contribution in [-0.2, 0) is 6.54 Å². The van der Waals surface area contributed by atoms with E-state index in [0.717, 1.165) is 80.7 Å². The fourth-order valence-corrected chi connectivity index (χ4v) is 4.78. The molecule has 4 heterocycles. The van der Waals surface area contributed by atoms with E-state index in [9.17, 15) is 9.90 Å². The highest BCUT2D eigenvalue weighted by Crippen LogP contribution is 2.23. The van der Waals surface area contributed by atoms with E-state index >= 15 is 0 Å². The van der Waals surface area contributed by atoms with Crippen molar-refractivity contribution in [3.63, 3.8) is 0 Å². The molecule has 0 saturated carbocycles. The maximum Gasteiger partial charge on any atom is 0.269 e. The molecule has 2 aliphatic heterocycles. The molecule has 2 aromatic heterocycles. The molecule has 31 heavy (non-hydrogen) atoms. The number of pyridine rings is 1. The minimum Gasteiger partial charge on any atom is -0.393 e. The SMILES string of the molecule is O=c1cc(N2CCC(O)CC2)cnn1[C@H]1CCCN(Cc2ccc3ccccc3n2)C1. The van der Waals surface area contributed by atoms with Crippen LogP contribution >= 0.6 is 0 Å². The molecule has 162 valence electrons. The summed E-state index contributed by atoms with van der Waals surface area (Å²) in [7, 11) is 0. The first kappa shape index (κ1) is 20.2. The van der Waals surface area contributed by atoms with Gasteiger partial charge in [-0.1, -0.05) is 24.3 Å². The Balaban J connectivity index is 1.28. The molecule has 7 heteroatoms. The first-order chi connectivity index (χ1) is 15.2. The minimum atomic E-state index is -0.227. The number of aliphatic hydroxyl groups is 1. The van der Waals surface area contributed by atoms with Crippen LogP contribution in [-0.4, -0.2) is 57.1 Å². The van der Waals surface area contributed by atoms with Crippen LogP contribution in [0, 0.1) is 0 Å². The Hall–Kier alpha value is -2.77. The lowest BCUT2D eigenvalue weighted by Gasteiger charge is -2.33. The average molecular weight is 420 g/mol. The third kappa shape index (κ3) is 4.48. The molecule has 1 N–H and O–H groups in total. The van der Waals surface area contributed by atoms with Gasteiger partial charge >= 0.3 is 0 Å². The molecule has 5 rings (SSSR count). The maximum atomic E-state index is 12.9. The normalized spacial score (nSPS) is 20.9. The van der Waals surface area contributed by atoms with Gasteiger partial charge in [0, 0.05) is 37.6 Å². The summed E-state index contributed by atoms with van der Waals surface area (Å²) >= 11 is 0. The number of hydrogen-bond donors (Lipinski definition) is 1. The number of hydrogen-bond acceptors (Lipinski definition) is 6. The number of rotatable bonds is 4. The zero-order valence-electron chi connectivity index (χ0n) is 17.7. The molecule has 0 spiro atoms. The average Bonchev–Trinajstić information content (AvgIpc) is 2.79. The van der Waals surface area contributed by atoms with Crippen molar-refractivity contribution in [2.45, 2.75) is 44.4 Å². The van der Waals surface area contributed by atoms with Gasteiger partial charge in [0.1, 0.15) is 0 Å². The van der Waals surface area contributed by atoms with Crippen LogP contribution in [0.2, 0.25) is 0 Å². The molecule has 2 aliphatic rings. The van der Waals surface area contributed by atoms with Crippen molar-refractivity contribution in [1.82, 2.24) is 19.7 Å². The first-order valence-electron chi connectivity index (χ1n) is 11.2. The molecule has 0 aliphatic carbocycles. The lowest BCUT2D eigenvalue weighted by atomic mass is 10.1. The van der Waals surface area contributed by atoms with Gasteiger partial charge in [-0.2, -0.15) is 5.10 Å². The summed E-state index contributed by atoms with van der Waals surface area (Å²) in [6.45, 7) is 4.12. The second kappa shape index (κ2) is 8.77. The second-order valence-electron chi connectivity index (χ2n) is 8.74. The van der Waals surface area contributed by atoms with E-state index in [0.29, 0.717) is 0 Å². The maximum absolute atomic E-state index is 12.9. The lowest BCUT2D eigenvalue weighted by Crippen LogP contribution is -2.41.